The lowest BCUT2D eigenvalue weighted by molar-refractivity contribution is -0.123. The van der Waals surface area contributed by atoms with Crippen LogP contribution in [0.4, 0.5) is 5.69 Å². The summed E-state index contributed by atoms with van der Waals surface area (Å²) in [5.74, 6) is -0.561. The summed E-state index contributed by atoms with van der Waals surface area (Å²) in [5, 5.41) is 9.96. The van der Waals surface area contributed by atoms with Gasteiger partial charge in [-0.2, -0.15) is 5.11 Å². The number of fused-ring (bicyclic) bond motifs is 1. The molecule has 2 aliphatic heterocycles. The maximum absolute atomic E-state index is 13.1. The van der Waals surface area contributed by atoms with Crippen LogP contribution < -0.4 is 4.90 Å². The molecular weight excluding hydrogens is 352 g/mol. The topological polar surface area (TPSA) is 65.3 Å². The molecule has 6 nitrogen and oxygen atoms in total. The number of carbonyl (C=O) groups is 2. The molecule has 0 spiro atoms. The van der Waals surface area contributed by atoms with Gasteiger partial charge in [0.25, 0.3) is 11.8 Å². The van der Waals surface area contributed by atoms with Crippen molar-refractivity contribution in [2.45, 2.75) is 52.7 Å². The molecule has 2 aromatic carbocycles. The van der Waals surface area contributed by atoms with Crippen LogP contribution in [0, 0.1) is 20.8 Å². The number of aryl methyl sites for hydroxylation is 4. The smallest absolute Gasteiger partial charge is 0.263 e. The average Bonchev–Trinajstić information content (AvgIpc) is 3.18. The van der Waals surface area contributed by atoms with Crippen LogP contribution in [0.1, 0.15) is 34.7 Å². The maximum atomic E-state index is 13.1. The Morgan fingerprint density at radius 1 is 0.964 bits per heavy atom. The Morgan fingerprint density at radius 3 is 2.21 bits per heavy atom. The number of hydrogen-bond donors (Lipinski definition) is 0. The van der Waals surface area contributed by atoms with Gasteiger partial charge in [-0.1, -0.05) is 42.0 Å². The van der Waals surface area contributed by atoms with Gasteiger partial charge in [0, 0.05) is 0 Å². The van der Waals surface area contributed by atoms with Crippen LogP contribution in [-0.4, -0.2) is 28.9 Å². The van der Waals surface area contributed by atoms with Crippen LogP contribution in [0.25, 0.3) is 0 Å². The number of imide groups is 1. The van der Waals surface area contributed by atoms with E-state index in [1.54, 1.807) is 5.01 Å². The fraction of sp³-hybridized carbons (Fsp3) is 0.364. The molecule has 2 unspecified atom stereocenters. The van der Waals surface area contributed by atoms with Crippen molar-refractivity contribution in [1.82, 2.24) is 5.01 Å². The zero-order valence-electron chi connectivity index (χ0n) is 16.6. The summed E-state index contributed by atoms with van der Waals surface area (Å²) in [5.41, 5.74) is 6.39. The number of nitrogens with zero attached hydrogens (tertiary/aromatic N) is 4. The Balaban J connectivity index is 1.61. The van der Waals surface area contributed by atoms with Gasteiger partial charge >= 0.3 is 0 Å². The standard InChI is InChI=1S/C22H24N4O2/c1-5-16-6-8-17(9-7-16)26-21(27)19-20(22(26)28)25(24-23-19)12-18-14(3)10-13(2)11-15(18)4/h6-11,19-20H,5,12H2,1-4H3. The first-order chi connectivity index (χ1) is 13.4. The van der Waals surface area contributed by atoms with Crippen molar-refractivity contribution >= 4 is 17.5 Å². The van der Waals surface area contributed by atoms with E-state index in [9.17, 15) is 9.59 Å². The second-order valence-corrected chi connectivity index (χ2v) is 7.60. The molecule has 6 heteroatoms. The minimum absolute atomic E-state index is 0.258. The molecule has 4 rings (SSSR count). The fourth-order valence-electron chi connectivity index (χ4n) is 4.11. The van der Waals surface area contributed by atoms with Gasteiger partial charge in [0.15, 0.2) is 12.1 Å². The minimum atomic E-state index is -0.760. The van der Waals surface area contributed by atoms with Gasteiger partial charge in [-0.05, 0) is 61.6 Å². The van der Waals surface area contributed by atoms with Crippen molar-refractivity contribution in [2.24, 2.45) is 10.3 Å². The molecule has 144 valence electrons. The van der Waals surface area contributed by atoms with Crippen molar-refractivity contribution in [2.75, 3.05) is 4.90 Å². The van der Waals surface area contributed by atoms with E-state index >= 15 is 0 Å². The third-order valence-electron chi connectivity index (χ3n) is 5.62. The van der Waals surface area contributed by atoms with Gasteiger partial charge in [-0.3, -0.25) is 14.6 Å². The molecule has 0 radical (unpaired) electrons. The molecule has 1 saturated heterocycles. The predicted molar refractivity (Wildman–Crippen MR) is 107 cm³/mol. The molecule has 2 amide bonds. The maximum Gasteiger partial charge on any atom is 0.263 e. The van der Waals surface area contributed by atoms with Crippen LogP contribution >= 0.6 is 0 Å². The Bertz CT molecular complexity index is 958. The van der Waals surface area contributed by atoms with Crippen LogP contribution in [0.3, 0.4) is 0 Å². The van der Waals surface area contributed by atoms with Crippen molar-refractivity contribution in [3.05, 3.63) is 64.2 Å². The highest BCUT2D eigenvalue weighted by atomic mass is 16.2. The minimum Gasteiger partial charge on any atom is -0.271 e. The summed E-state index contributed by atoms with van der Waals surface area (Å²) in [4.78, 5) is 27.2. The van der Waals surface area contributed by atoms with Crippen molar-refractivity contribution in [3.8, 4) is 0 Å². The number of benzene rings is 2. The zero-order chi connectivity index (χ0) is 20.0. The Morgan fingerprint density at radius 2 is 1.61 bits per heavy atom. The van der Waals surface area contributed by atoms with Crippen LogP contribution in [0.2, 0.25) is 0 Å². The molecule has 0 aromatic heterocycles. The molecule has 0 bridgehead atoms. The number of hydrogen-bond acceptors (Lipinski definition) is 5. The average molecular weight is 376 g/mol. The van der Waals surface area contributed by atoms with Gasteiger partial charge < -0.3 is 0 Å². The number of carbonyl (C=O) groups excluding carboxylic acids is 2. The monoisotopic (exact) mass is 376 g/mol. The Kier molecular flexibility index (Phi) is 4.49. The highest BCUT2D eigenvalue weighted by molar-refractivity contribution is 6.25. The molecule has 2 aromatic rings. The van der Waals surface area contributed by atoms with Crippen LogP contribution in [-0.2, 0) is 22.6 Å². The molecule has 2 aliphatic rings. The lowest BCUT2D eigenvalue weighted by atomic mass is 9.99. The molecule has 0 aliphatic carbocycles. The lowest BCUT2D eigenvalue weighted by Gasteiger charge is -2.22. The summed E-state index contributed by atoms with van der Waals surface area (Å²) in [6.45, 7) is 8.71. The third kappa shape index (κ3) is 2.89. The van der Waals surface area contributed by atoms with E-state index in [1.165, 1.54) is 10.5 Å². The fourth-order valence-corrected chi connectivity index (χ4v) is 4.11. The third-order valence-corrected chi connectivity index (χ3v) is 5.62. The second-order valence-electron chi connectivity index (χ2n) is 7.60. The molecule has 0 N–H and O–H groups in total. The molecule has 2 heterocycles. The quantitative estimate of drug-likeness (QED) is 0.765. The summed E-state index contributed by atoms with van der Waals surface area (Å²) >= 11 is 0. The molecule has 2 atom stereocenters. The molecule has 1 fully saturated rings. The first-order valence-electron chi connectivity index (χ1n) is 9.61. The first kappa shape index (κ1) is 18.3. The molecule has 28 heavy (non-hydrogen) atoms. The van der Waals surface area contributed by atoms with Crippen LogP contribution in [0.5, 0.6) is 0 Å². The van der Waals surface area contributed by atoms with E-state index in [0.29, 0.717) is 12.2 Å². The summed E-state index contributed by atoms with van der Waals surface area (Å²) in [6, 6.07) is 10.4. The molecule has 0 saturated carbocycles. The molecular formula is C22H24N4O2. The van der Waals surface area contributed by atoms with E-state index in [2.05, 4.69) is 50.2 Å². The normalized spacial score (nSPS) is 21.0. The first-order valence-corrected chi connectivity index (χ1v) is 9.61. The Labute approximate surface area is 164 Å². The number of amides is 2. The summed E-state index contributed by atoms with van der Waals surface area (Å²) in [7, 11) is 0. The highest BCUT2D eigenvalue weighted by Gasteiger charge is 2.54. The van der Waals surface area contributed by atoms with Crippen molar-refractivity contribution in [1.29, 1.82) is 0 Å². The van der Waals surface area contributed by atoms with E-state index in [1.807, 2.05) is 24.3 Å². The second kappa shape index (κ2) is 6.86. The van der Waals surface area contributed by atoms with Crippen LogP contribution in [0.15, 0.2) is 46.7 Å². The largest absolute Gasteiger partial charge is 0.271 e. The van der Waals surface area contributed by atoms with Gasteiger partial charge in [-0.25, -0.2) is 4.90 Å². The summed E-state index contributed by atoms with van der Waals surface area (Å²) < 4.78 is 0. The van der Waals surface area contributed by atoms with Gasteiger partial charge in [-0.15, -0.1) is 0 Å². The van der Waals surface area contributed by atoms with Crippen molar-refractivity contribution < 1.29 is 9.59 Å². The number of rotatable bonds is 4. The summed E-state index contributed by atoms with van der Waals surface area (Å²) in [6.07, 6.45) is 0.907. The predicted octanol–water partition coefficient (Wildman–Crippen LogP) is 3.67. The SMILES string of the molecule is CCc1ccc(N2C(=O)C3N=NN(Cc4c(C)cc(C)cc4C)C3C2=O)cc1. The number of anilines is 1. The van der Waals surface area contributed by atoms with E-state index in [0.717, 1.165) is 28.7 Å². The van der Waals surface area contributed by atoms with E-state index < -0.39 is 12.1 Å². The van der Waals surface area contributed by atoms with E-state index in [-0.39, 0.29) is 11.8 Å². The van der Waals surface area contributed by atoms with E-state index in [4.69, 9.17) is 0 Å². The van der Waals surface area contributed by atoms with Gasteiger partial charge in [0.2, 0.25) is 0 Å². The highest BCUT2D eigenvalue weighted by Crippen LogP contribution is 2.33. The van der Waals surface area contributed by atoms with Crippen molar-refractivity contribution in [3.63, 3.8) is 0 Å². The lowest BCUT2D eigenvalue weighted by Crippen LogP contribution is -2.39. The Hall–Kier alpha value is -3.02. The van der Waals surface area contributed by atoms with Gasteiger partial charge in [0.1, 0.15) is 0 Å². The zero-order valence-corrected chi connectivity index (χ0v) is 16.6. The van der Waals surface area contributed by atoms with Gasteiger partial charge in [0.05, 0.1) is 12.2 Å².